The summed E-state index contributed by atoms with van der Waals surface area (Å²) < 4.78 is 6.55. The van der Waals surface area contributed by atoms with Crippen LogP contribution < -0.4 is 4.74 Å². The molecule has 2 aromatic rings. The van der Waals surface area contributed by atoms with Crippen molar-refractivity contribution in [2.75, 3.05) is 13.1 Å². The maximum absolute atomic E-state index is 13.5. The van der Waals surface area contributed by atoms with Crippen LogP contribution in [-0.2, 0) is 11.8 Å². The second-order valence-corrected chi connectivity index (χ2v) is 11.4. The summed E-state index contributed by atoms with van der Waals surface area (Å²) in [6, 6.07) is 10.1. The molecule has 8 rings (SSSR count). The van der Waals surface area contributed by atoms with Crippen LogP contribution in [-0.4, -0.2) is 68.7 Å². The highest BCUT2D eigenvalue weighted by molar-refractivity contribution is 6.21. The van der Waals surface area contributed by atoms with Gasteiger partial charge in [0.25, 0.3) is 11.8 Å². The van der Waals surface area contributed by atoms with Crippen molar-refractivity contribution in [3.63, 3.8) is 0 Å². The summed E-state index contributed by atoms with van der Waals surface area (Å²) in [4.78, 5) is 30.8. The van der Waals surface area contributed by atoms with Crippen molar-refractivity contribution in [3.8, 4) is 11.5 Å². The molecule has 3 aliphatic heterocycles. The Balaban J connectivity index is 1.28. The van der Waals surface area contributed by atoms with Gasteiger partial charge in [-0.15, -0.1) is 0 Å². The van der Waals surface area contributed by atoms with Gasteiger partial charge in [0.2, 0.25) is 0 Å². The zero-order valence-corrected chi connectivity index (χ0v) is 19.4. The fourth-order valence-electron chi connectivity index (χ4n) is 8.23. The number of nitrogens with zero attached hydrogens (tertiary/aromatic N) is 2. The molecular formula is C28H28N2O5. The van der Waals surface area contributed by atoms with E-state index in [0.717, 1.165) is 36.6 Å². The molecule has 3 fully saturated rings. The molecule has 180 valence electrons. The first-order chi connectivity index (χ1) is 16.9. The lowest BCUT2D eigenvalue weighted by atomic mass is 9.48. The molecule has 7 heteroatoms. The van der Waals surface area contributed by atoms with Crippen molar-refractivity contribution in [2.24, 2.45) is 5.92 Å². The number of imide groups is 1. The average Bonchev–Trinajstić information content (AvgIpc) is 3.54. The normalized spacial score (nSPS) is 36.7. The highest BCUT2D eigenvalue weighted by Crippen LogP contribution is 2.66. The first kappa shape index (κ1) is 20.3. The molecule has 7 nitrogen and oxygen atoms in total. The summed E-state index contributed by atoms with van der Waals surface area (Å²) in [5, 5.41) is 23.4. The Bertz CT molecular complexity index is 1290. The zero-order chi connectivity index (χ0) is 23.7. The van der Waals surface area contributed by atoms with E-state index in [9.17, 15) is 19.8 Å². The highest BCUT2D eigenvalue weighted by atomic mass is 16.5. The molecule has 2 amide bonds. The van der Waals surface area contributed by atoms with Gasteiger partial charge in [0.05, 0.1) is 28.2 Å². The average molecular weight is 473 g/mol. The monoisotopic (exact) mass is 472 g/mol. The molecule has 2 bridgehead atoms. The predicted octanol–water partition coefficient (Wildman–Crippen LogP) is 2.62. The van der Waals surface area contributed by atoms with E-state index in [1.54, 1.807) is 30.3 Å². The number of piperidine rings is 1. The van der Waals surface area contributed by atoms with Crippen LogP contribution in [0.2, 0.25) is 0 Å². The van der Waals surface area contributed by atoms with Crippen molar-refractivity contribution in [2.45, 2.75) is 67.7 Å². The Morgan fingerprint density at radius 1 is 1.00 bits per heavy atom. The number of benzene rings is 2. The fraction of sp³-hybridized carbons (Fsp3) is 0.500. The molecule has 2 saturated carbocycles. The maximum Gasteiger partial charge on any atom is 0.261 e. The molecular weight excluding hydrogens is 444 g/mol. The number of aliphatic hydroxyl groups is 1. The predicted molar refractivity (Wildman–Crippen MR) is 126 cm³/mol. The maximum atomic E-state index is 13.5. The summed E-state index contributed by atoms with van der Waals surface area (Å²) >= 11 is 0. The number of ether oxygens (including phenoxy) is 1. The lowest BCUT2D eigenvalue weighted by Crippen LogP contribution is -2.78. The third-order valence-corrected chi connectivity index (χ3v) is 9.89. The Morgan fingerprint density at radius 3 is 2.46 bits per heavy atom. The third-order valence-electron chi connectivity index (χ3n) is 9.89. The summed E-state index contributed by atoms with van der Waals surface area (Å²) in [5.41, 5.74) is 1.09. The molecule has 0 unspecified atom stereocenters. The molecule has 1 saturated heterocycles. The van der Waals surface area contributed by atoms with E-state index in [4.69, 9.17) is 4.74 Å². The molecule has 3 aliphatic carbocycles. The second kappa shape index (κ2) is 6.45. The fourth-order valence-corrected chi connectivity index (χ4v) is 8.23. The lowest BCUT2D eigenvalue weighted by Gasteiger charge is -2.64. The Kier molecular flexibility index (Phi) is 3.74. The van der Waals surface area contributed by atoms with E-state index >= 15 is 0 Å². The minimum absolute atomic E-state index is 0.0333. The van der Waals surface area contributed by atoms with Gasteiger partial charge in [-0.2, -0.15) is 0 Å². The molecule has 3 heterocycles. The number of fused-ring (bicyclic) bond motifs is 1. The van der Waals surface area contributed by atoms with E-state index in [1.807, 2.05) is 6.07 Å². The molecule has 35 heavy (non-hydrogen) atoms. The molecule has 0 radical (unpaired) electrons. The van der Waals surface area contributed by atoms with Crippen molar-refractivity contribution in [1.82, 2.24) is 9.80 Å². The van der Waals surface area contributed by atoms with Crippen LogP contribution in [0.15, 0.2) is 36.4 Å². The Labute approximate surface area is 203 Å². The second-order valence-electron chi connectivity index (χ2n) is 11.4. The van der Waals surface area contributed by atoms with Crippen molar-refractivity contribution >= 4 is 11.8 Å². The van der Waals surface area contributed by atoms with Gasteiger partial charge >= 0.3 is 0 Å². The number of phenolic OH excluding ortho intramolecular Hbond substituents is 1. The Hall–Kier alpha value is -2.90. The van der Waals surface area contributed by atoms with Crippen LogP contribution in [0.1, 0.15) is 63.9 Å². The molecule has 0 aromatic heterocycles. The molecule has 2 aromatic carbocycles. The van der Waals surface area contributed by atoms with Crippen LogP contribution in [0.3, 0.4) is 0 Å². The number of rotatable bonds is 3. The van der Waals surface area contributed by atoms with Gasteiger partial charge in [0.1, 0.15) is 6.10 Å². The standard InChI is InChI=1S/C28H28N2O5/c31-20-8-7-16-13-21-28(34)10-9-19(30-25(32)17-3-1-2-4-18(17)26(30)33)24-27(28,22(16)23(20)35-24)11-12-29(21)14-15-5-6-15/h1-4,7-8,15,19,21,24,31,34H,5-6,9-14H2/t19-,21-,24-,27+,28-/m1/s1. The van der Waals surface area contributed by atoms with Gasteiger partial charge in [-0.25, -0.2) is 0 Å². The highest BCUT2D eigenvalue weighted by Gasteiger charge is 2.74. The van der Waals surface area contributed by atoms with E-state index in [1.165, 1.54) is 17.7 Å². The van der Waals surface area contributed by atoms with Gasteiger partial charge < -0.3 is 14.9 Å². The minimum atomic E-state index is -1.04. The topological polar surface area (TPSA) is 90.3 Å². The number of amides is 2. The zero-order valence-electron chi connectivity index (χ0n) is 19.4. The number of carbonyl (C=O) groups is 2. The van der Waals surface area contributed by atoms with Crippen molar-refractivity contribution < 1.29 is 24.5 Å². The van der Waals surface area contributed by atoms with Gasteiger partial charge in [0, 0.05) is 18.2 Å². The lowest BCUT2D eigenvalue weighted by molar-refractivity contribution is -0.196. The van der Waals surface area contributed by atoms with Gasteiger partial charge in [0.15, 0.2) is 11.5 Å². The molecule has 5 atom stereocenters. The number of carbonyl (C=O) groups excluding carboxylic acids is 2. The van der Waals surface area contributed by atoms with Gasteiger partial charge in [-0.1, -0.05) is 18.2 Å². The van der Waals surface area contributed by atoms with Crippen LogP contribution in [0, 0.1) is 5.92 Å². The Morgan fingerprint density at radius 2 is 1.74 bits per heavy atom. The smallest absolute Gasteiger partial charge is 0.261 e. The summed E-state index contributed by atoms with van der Waals surface area (Å²) in [7, 11) is 0. The van der Waals surface area contributed by atoms with E-state index in [-0.39, 0.29) is 23.6 Å². The van der Waals surface area contributed by atoms with Gasteiger partial charge in [-0.3, -0.25) is 19.4 Å². The largest absolute Gasteiger partial charge is 0.504 e. The minimum Gasteiger partial charge on any atom is -0.504 e. The first-order valence-electron chi connectivity index (χ1n) is 12.9. The summed E-state index contributed by atoms with van der Waals surface area (Å²) in [6.07, 6.45) is 4.31. The van der Waals surface area contributed by atoms with E-state index in [0.29, 0.717) is 36.1 Å². The van der Waals surface area contributed by atoms with Gasteiger partial charge in [-0.05, 0) is 74.8 Å². The van der Waals surface area contributed by atoms with Crippen LogP contribution in [0.5, 0.6) is 11.5 Å². The molecule has 2 N–H and O–H groups in total. The summed E-state index contributed by atoms with van der Waals surface area (Å²) in [6.45, 7) is 1.85. The van der Waals surface area contributed by atoms with Crippen LogP contribution >= 0.6 is 0 Å². The van der Waals surface area contributed by atoms with Crippen molar-refractivity contribution in [1.29, 1.82) is 0 Å². The van der Waals surface area contributed by atoms with Crippen LogP contribution in [0.4, 0.5) is 0 Å². The first-order valence-corrected chi connectivity index (χ1v) is 12.9. The summed E-state index contributed by atoms with van der Waals surface area (Å²) in [5.74, 6) is 0.632. The number of phenols is 1. The third kappa shape index (κ3) is 2.30. The van der Waals surface area contributed by atoms with Crippen molar-refractivity contribution in [3.05, 3.63) is 58.7 Å². The number of hydrogen-bond donors (Lipinski definition) is 2. The quantitative estimate of drug-likeness (QED) is 0.668. The SMILES string of the molecule is O=C1c2ccccc2C(=O)N1[C@@H]1CC[C@@]2(O)[C@H]3Cc4ccc(O)c5c4[C@@]2(CCN3CC2CC2)[C@@H]1O5. The van der Waals surface area contributed by atoms with E-state index < -0.39 is 23.2 Å². The number of aromatic hydroxyl groups is 1. The molecule has 1 spiro atoms. The number of likely N-dealkylation sites (tertiary alicyclic amines) is 1. The van der Waals surface area contributed by atoms with Crippen LogP contribution in [0.25, 0.3) is 0 Å². The molecule has 6 aliphatic rings. The number of hydrogen-bond acceptors (Lipinski definition) is 6. The van der Waals surface area contributed by atoms with E-state index in [2.05, 4.69) is 4.90 Å².